The highest BCUT2D eigenvalue weighted by atomic mass is 16.5. The van der Waals surface area contributed by atoms with Crippen LogP contribution < -0.4 is 0 Å². The molecule has 2 saturated heterocycles. The van der Waals surface area contributed by atoms with Crippen molar-refractivity contribution in [1.82, 2.24) is 9.80 Å². The first kappa shape index (κ1) is 16.4. The molecule has 0 aromatic heterocycles. The Morgan fingerprint density at radius 3 is 2.83 bits per heavy atom. The van der Waals surface area contributed by atoms with E-state index in [9.17, 15) is 19.5 Å². The molecule has 1 N–H and O–H groups in total. The minimum Gasteiger partial charge on any atom is -0.480 e. The van der Waals surface area contributed by atoms with Crippen molar-refractivity contribution in [3.05, 3.63) is 35.4 Å². The van der Waals surface area contributed by atoms with Gasteiger partial charge in [-0.05, 0) is 24.1 Å². The first-order valence-electron chi connectivity index (χ1n) is 8.04. The minimum absolute atomic E-state index is 0.00302. The van der Waals surface area contributed by atoms with Crippen molar-refractivity contribution in [1.29, 1.82) is 0 Å². The number of morpholine rings is 1. The molecule has 2 aliphatic rings. The standard InChI is InChI=1S/C17H20N2O5/c20-15-5-2-6-18(15)10-12-3-1-4-13(9-12)16(21)19-7-8-24-11-14(19)17(22)23/h1,3-4,9,14H,2,5-8,10-11H2,(H,22,23)/t14-/m0/s1. The van der Waals surface area contributed by atoms with Crippen molar-refractivity contribution in [2.45, 2.75) is 25.4 Å². The smallest absolute Gasteiger partial charge is 0.328 e. The third-order valence-electron chi connectivity index (χ3n) is 4.39. The molecule has 2 fully saturated rings. The number of hydrogen-bond donors (Lipinski definition) is 1. The Morgan fingerprint density at radius 1 is 1.29 bits per heavy atom. The van der Waals surface area contributed by atoms with Crippen LogP contribution in [0.15, 0.2) is 24.3 Å². The number of amides is 2. The quantitative estimate of drug-likeness (QED) is 0.878. The molecule has 2 heterocycles. The van der Waals surface area contributed by atoms with Gasteiger partial charge in [0.15, 0.2) is 6.04 Å². The van der Waals surface area contributed by atoms with Gasteiger partial charge in [0.05, 0.1) is 13.2 Å². The van der Waals surface area contributed by atoms with E-state index >= 15 is 0 Å². The number of nitrogens with zero attached hydrogens (tertiary/aromatic N) is 2. The molecule has 2 aliphatic heterocycles. The maximum atomic E-state index is 12.7. The summed E-state index contributed by atoms with van der Waals surface area (Å²) in [5.41, 5.74) is 1.31. The van der Waals surface area contributed by atoms with Gasteiger partial charge in [0.1, 0.15) is 0 Å². The summed E-state index contributed by atoms with van der Waals surface area (Å²) < 4.78 is 5.17. The second kappa shape index (κ2) is 7.00. The molecule has 0 unspecified atom stereocenters. The lowest BCUT2D eigenvalue weighted by Crippen LogP contribution is -2.52. The highest BCUT2D eigenvalue weighted by molar-refractivity contribution is 5.97. The zero-order chi connectivity index (χ0) is 17.1. The van der Waals surface area contributed by atoms with Gasteiger partial charge in [0.25, 0.3) is 5.91 Å². The Morgan fingerprint density at radius 2 is 2.12 bits per heavy atom. The number of benzene rings is 1. The highest BCUT2D eigenvalue weighted by Gasteiger charge is 2.33. The summed E-state index contributed by atoms with van der Waals surface area (Å²) in [6.07, 6.45) is 1.44. The van der Waals surface area contributed by atoms with E-state index < -0.39 is 12.0 Å². The van der Waals surface area contributed by atoms with E-state index in [4.69, 9.17) is 4.74 Å². The number of hydrogen-bond acceptors (Lipinski definition) is 4. The molecule has 24 heavy (non-hydrogen) atoms. The van der Waals surface area contributed by atoms with E-state index in [0.29, 0.717) is 25.1 Å². The molecule has 1 atom stereocenters. The first-order valence-corrected chi connectivity index (χ1v) is 8.04. The number of carboxylic acid groups (broad SMARTS) is 1. The largest absolute Gasteiger partial charge is 0.480 e. The molecule has 128 valence electrons. The zero-order valence-corrected chi connectivity index (χ0v) is 13.3. The molecular formula is C17H20N2O5. The first-order chi connectivity index (χ1) is 11.6. The summed E-state index contributed by atoms with van der Waals surface area (Å²) in [7, 11) is 0. The summed E-state index contributed by atoms with van der Waals surface area (Å²) in [5, 5.41) is 9.26. The molecule has 2 amide bonds. The van der Waals surface area contributed by atoms with Crippen LogP contribution in [0.1, 0.15) is 28.8 Å². The SMILES string of the molecule is O=C(O)[C@@H]1COCCN1C(=O)c1cccc(CN2CCCC2=O)c1. The van der Waals surface area contributed by atoms with E-state index in [2.05, 4.69) is 0 Å². The monoisotopic (exact) mass is 332 g/mol. The summed E-state index contributed by atoms with van der Waals surface area (Å²) in [5.74, 6) is -1.26. The van der Waals surface area contributed by atoms with E-state index in [-0.39, 0.29) is 25.0 Å². The number of carbonyl (C=O) groups excluding carboxylic acids is 2. The van der Waals surface area contributed by atoms with E-state index in [1.165, 1.54) is 4.90 Å². The van der Waals surface area contributed by atoms with Crippen LogP contribution in [0, 0.1) is 0 Å². The van der Waals surface area contributed by atoms with Crippen molar-refractivity contribution in [2.75, 3.05) is 26.3 Å². The van der Waals surface area contributed by atoms with Crippen LogP contribution in [-0.4, -0.2) is 65.0 Å². The molecular weight excluding hydrogens is 312 g/mol. The van der Waals surface area contributed by atoms with Gasteiger partial charge in [0.2, 0.25) is 5.91 Å². The van der Waals surface area contributed by atoms with Crippen molar-refractivity contribution in [3.63, 3.8) is 0 Å². The Labute approximate surface area is 139 Å². The highest BCUT2D eigenvalue weighted by Crippen LogP contribution is 2.18. The predicted molar refractivity (Wildman–Crippen MR) is 84.4 cm³/mol. The summed E-state index contributed by atoms with van der Waals surface area (Å²) in [6.45, 7) is 1.80. The maximum Gasteiger partial charge on any atom is 0.328 e. The molecule has 0 bridgehead atoms. The van der Waals surface area contributed by atoms with Gasteiger partial charge in [-0.25, -0.2) is 4.79 Å². The Bertz CT molecular complexity index is 660. The molecule has 0 spiro atoms. The Kier molecular flexibility index (Phi) is 4.80. The van der Waals surface area contributed by atoms with E-state index in [1.54, 1.807) is 23.1 Å². The van der Waals surface area contributed by atoms with Crippen LogP contribution in [0.5, 0.6) is 0 Å². The summed E-state index contributed by atoms with van der Waals surface area (Å²) in [4.78, 5) is 38.9. The van der Waals surface area contributed by atoms with Crippen molar-refractivity contribution >= 4 is 17.8 Å². The number of likely N-dealkylation sites (tertiary alicyclic amines) is 1. The van der Waals surface area contributed by atoms with Crippen LogP contribution in [-0.2, 0) is 20.9 Å². The Balaban J connectivity index is 1.76. The Hall–Kier alpha value is -2.41. The number of aliphatic carboxylic acids is 1. The van der Waals surface area contributed by atoms with Gasteiger partial charge in [-0.3, -0.25) is 9.59 Å². The number of ether oxygens (including phenoxy) is 1. The molecule has 7 heteroatoms. The molecule has 3 rings (SSSR count). The van der Waals surface area contributed by atoms with Crippen LogP contribution >= 0.6 is 0 Å². The lowest BCUT2D eigenvalue weighted by atomic mass is 10.1. The lowest BCUT2D eigenvalue weighted by Gasteiger charge is -2.33. The number of carbonyl (C=O) groups is 3. The average molecular weight is 332 g/mol. The zero-order valence-electron chi connectivity index (χ0n) is 13.3. The van der Waals surface area contributed by atoms with Gasteiger partial charge in [-0.1, -0.05) is 12.1 Å². The van der Waals surface area contributed by atoms with Gasteiger partial charge in [-0.2, -0.15) is 0 Å². The van der Waals surface area contributed by atoms with Gasteiger partial charge >= 0.3 is 5.97 Å². The van der Waals surface area contributed by atoms with Crippen molar-refractivity contribution in [3.8, 4) is 0 Å². The fourth-order valence-corrected chi connectivity index (χ4v) is 3.11. The van der Waals surface area contributed by atoms with Crippen molar-refractivity contribution in [2.24, 2.45) is 0 Å². The molecule has 1 aromatic rings. The van der Waals surface area contributed by atoms with Gasteiger partial charge in [-0.15, -0.1) is 0 Å². The lowest BCUT2D eigenvalue weighted by molar-refractivity contribution is -0.147. The molecule has 7 nitrogen and oxygen atoms in total. The topological polar surface area (TPSA) is 87.2 Å². The summed E-state index contributed by atoms with van der Waals surface area (Å²) in [6, 6.07) is 6.08. The third kappa shape index (κ3) is 3.41. The van der Waals surface area contributed by atoms with Crippen LogP contribution in [0.2, 0.25) is 0 Å². The van der Waals surface area contributed by atoms with Crippen LogP contribution in [0.3, 0.4) is 0 Å². The van der Waals surface area contributed by atoms with Gasteiger partial charge < -0.3 is 19.6 Å². The second-order valence-corrected chi connectivity index (χ2v) is 6.05. The second-order valence-electron chi connectivity index (χ2n) is 6.05. The number of carboxylic acids is 1. The molecule has 1 aromatic carbocycles. The predicted octanol–water partition coefficient (Wildman–Crippen LogP) is 0.735. The van der Waals surface area contributed by atoms with Crippen LogP contribution in [0.25, 0.3) is 0 Å². The number of rotatable bonds is 4. The molecule has 0 saturated carbocycles. The van der Waals surface area contributed by atoms with Crippen LogP contribution in [0.4, 0.5) is 0 Å². The van der Waals surface area contributed by atoms with E-state index in [0.717, 1.165) is 18.5 Å². The molecule has 0 radical (unpaired) electrons. The normalized spacial score (nSPS) is 21.2. The van der Waals surface area contributed by atoms with Crippen molar-refractivity contribution < 1.29 is 24.2 Å². The minimum atomic E-state index is -1.07. The maximum absolute atomic E-state index is 12.7. The van der Waals surface area contributed by atoms with E-state index in [1.807, 2.05) is 6.07 Å². The average Bonchev–Trinajstić information content (AvgIpc) is 2.99. The molecule has 0 aliphatic carbocycles. The fourth-order valence-electron chi connectivity index (χ4n) is 3.11. The van der Waals surface area contributed by atoms with Gasteiger partial charge in [0, 0.05) is 31.6 Å². The summed E-state index contributed by atoms with van der Waals surface area (Å²) >= 11 is 0. The fraction of sp³-hybridized carbons (Fsp3) is 0.471. The third-order valence-corrected chi connectivity index (χ3v) is 4.39.